The molecule has 0 bridgehead atoms. The number of aromatic nitrogens is 1. The van der Waals surface area contributed by atoms with E-state index >= 15 is 0 Å². The lowest BCUT2D eigenvalue weighted by Crippen LogP contribution is -1.81. The van der Waals surface area contributed by atoms with Gasteiger partial charge in [-0.2, -0.15) is 0 Å². The fourth-order valence-corrected chi connectivity index (χ4v) is 0.769. The third-order valence-electron chi connectivity index (χ3n) is 1.30. The first-order chi connectivity index (χ1) is 5.11. The molecule has 1 aromatic heterocycles. The van der Waals surface area contributed by atoms with E-state index in [0.717, 1.165) is 0 Å². The predicted octanol–water partition coefficient (Wildman–Crippen LogP) is 3.00. The van der Waals surface area contributed by atoms with Crippen LogP contribution in [0.3, 0.4) is 0 Å². The molecule has 0 N–H and O–H groups in total. The van der Waals surface area contributed by atoms with Gasteiger partial charge in [-0.1, -0.05) is 25.4 Å². The molecule has 0 radical (unpaired) electrons. The van der Waals surface area contributed by atoms with Gasteiger partial charge in [0.15, 0.2) is 0 Å². The van der Waals surface area contributed by atoms with Crippen LogP contribution in [-0.2, 0) is 0 Å². The van der Waals surface area contributed by atoms with Gasteiger partial charge in [0.25, 0.3) is 0 Å². The van der Waals surface area contributed by atoms with E-state index in [9.17, 15) is 4.39 Å². The van der Waals surface area contributed by atoms with E-state index in [0.29, 0.717) is 5.76 Å². The van der Waals surface area contributed by atoms with E-state index in [-0.39, 0.29) is 11.8 Å². The molecule has 0 aliphatic carbocycles. The van der Waals surface area contributed by atoms with Crippen molar-refractivity contribution in [2.24, 2.45) is 0 Å². The molecule has 2 nitrogen and oxygen atoms in total. The standard InChI is InChI=1S/C7H9ClFNO/c1-4(2)5-3-10-7(11-5)6(8)9/h3-4,6H,1-2H3. The summed E-state index contributed by atoms with van der Waals surface area (Å²) < 4.78 is 17.3. The van der Waals surface area contributed by atoms with Crippen LogP contribution in [0.1, 0.15) is 37.0 Å². The molecule has 0 saturated heterocycles. The zero-order chi connectivity index (χ0) is 8.43. The second kappa shape index (κ2) is 3.22. The highest BCUT2D eigenvalue weighted by molar-refractivity contribution is 6.19. The van der Waals surface area contributed by atoms with Gasteiger partial charge in [0.05, 0.1) is 6.20 Å². The molecule has 4 heteroatoms. The van der Waals surface area contributed by atoms with E-state index in [1.807, 2.05) is 13.8 Å². The molecule has 1 aromatic rings. The monoisotopic (exact) mass is 177 g/mol. The molecule has 0 aromatic carbocycles. The first kappa shape index (κ1) is 8.53. The number of oxazole rings is 1. The van der Waals surface area contributed by atoms with Crippen molar-refractivity contribution in [3.8, 4) is 0 Å². The lowest BCUT2D eigenvalue weighted by atomic mass is 10.2. The highest BCUT2D eigenvalue weighted by atomic mass is 35.5. The van der Waals surface area contributed by atoms with Crippen LogP contribution < -0.4 is 0 Å². The Morgan fingerprint density at radius 3 is 2.55 bits per heavy atom. The Morgan fingerprint density at radius 1 is 1.64 bits per heavy atom. The molecular weight excluding hydrogens is 169 g/mol. The molecule has 0 saturated carbocycles. The Bertz CT molecular complexity index is 212. The second-order valence-electron chi connectivity index (χ2n) is 2.56. The molecular formula is C7H9ClFNO. The van der Waals surface area contributed by atoms with Crippen molar-refractivity contribution in [3.63, 3.8) is 0 Å². The predicted molar refractivity (Wildman–Crippen MR) is 40.3 cm³/mol. The molecule has 11 heavy (non-hydrogen) atoms. The molecule has 0 fully saturated rings. The van der Waals surface area contributed by atoms with Crippen LogP contribution in [-0.4, -0.2) is 4.98 Å². The fraction of sp³-hybridized carbons (Fsp3) is 0.571. The van der Waals surface area contributed by atoms with Crippen molar-refractivity contribution in [3.05, 3.63) is 17.8 Å². The summed E-state index contributed by atoms with van der Waals surface area (Å²) >= 11 is 5.10. The van der Waals surface area contributed by atoms with Gasteiger partial charge in [-0.25, -0.2) is 9.37 Å². The van der Waals surface area contributed by atoms with Crippen LogP contribution in [0.4, 0.5) is 4.39 Å². The minimum atomic E-state index is -1.64. The van der Waals surface area contributed by atoms with E-state index in [2.05, 4.69) is 4.98 Å². The van der Waals surface area contributed by atoms with Crippen molar-refractivity contribution in [2.75, 3.05) is 0 Å². The first-order valence-electron chi connectivity index (χ1n) is 3.35. The van der Waals surface area contributed by atoms with Crippen LogP contribution in [0.2, 0.25) is 0 Å². The van der Waals surface area contributed by atoms with E-state index in [1.165, 1.54) is 6.20 Å². The maximum absolute atomic E-state index is 12.3. The minimum Gasteiger partial charge on any atom is -0.441 e. The Morgan fingerprint density at radius 2 is 2.27 bits per heavy atom. The zero-order valence-electron chi connectivity index (χ0n) is 6.34. The maximum Gasteiger partial charge on any atom is 0.248 e. The average molecular weight is 178 g/mol. The number of hydrogen-bond donors (Lipinski definition) is 0. The van der Waals surface area contributed by atoms with Crippen molar-refractivity contribution >= 4 is 11.6 Å². The summed E-state index contributed by atoms with van der Waals surface area (Å²) in [5.74, 6) is 0.810. The van der Waals surface area contributed by atoms with E-state index in [1.54, 1.807) is 0 Å². The third kappa shape index (κ3) is 1.93. The number of hydrogen-bond acceptors (Lipinski definition) is 2. The Labute approximate surface area is 69.4 Å². The van der Waals surface area contributed by atoms with Crippen LogP contribution in [0.15, 0.2) is 10.6 Å². The summed E-state index contributed by atoms with van der Waals surface area (Å²) in [5.41, 5.74) is -1.64. The maximum atomic E-state index is 12.3. The summed E-state index contributed by atoms with van der Waals surface area (Å²) in [6.45, 7) is 3.87. The van der Waals surface area contributed by atoms with Gasteiger partial charge in [0, 0.05) is 5.92 Å². The number of rotatable bonds is 2. The second-order valence-corrected chi connectivity index (χ2v) is 2.94. The largest absolute Gasteiger partial charge is 0.441 e. The molecule has 1 heterocycles. The smallest absolute Gasteiger partial charge is 0.248 e. The van der Waals surface area contributed by atoms with Gasteiger partial charge in [-0.3, -0.25) is 0 Å². The van der Waals surface area contributed by atoms with E-state index in [4.69, 9.17) is 16.0 Å². The normalized spacial score (nSPS) is 13.9. The van der Waals surface area contributed by atoms with Gasteiger partial charge in [0.2, 0.25) is 11.5 Å². The zero-order valence-corrected chi connectivity index (χ0v) is 7.10. The van der Waals surface area contributed by atoms with Crippen molar-refractivity contribution in [2.45, 2.75) is 25.4 Å². The summed E-state index contributed by atoms with van der Waals surface area (Å²) in [4.78, 5) is 3.66. The van der Waals surface area contributed by atoms with Gasteiger partial charge < -0.3 is 4.42 Å². The van der Waals surface area contributed by atoms with Crippen molar-refractivity contribution < 1.29 is 8.81 Å². The molecule has 1 rings (SSSR count). The average Bonchev–Trinajstić information content (AvgIpc) is 2.33. The highest BCUT2D eigenvalue weighted by Crippen LogP contribution is 2.23. The van der Waals surface area contributed by atoms with Gasteiger partial charge in [0.1, 0.15) is 5.76 Å². The number of nitrogens with zero attached hydrogens (tertiary/aromatic N) is 1. The molecule has 1 unspecified atom stereocenters. The minimum absolute atomic E-state index is 0.0598. The third-order valence-corrected chi connectivity index (χ3v) is 1.48. The molecule has 0 aliphatic rings. The number of alkyl halides is 2. The number of halogens is 2. The molecule has 0 spiro atoms. The fourth-order valence-electron chi connectivity index (χ4n) is 0.669. The van der Waals surface area contributed by atoms with Crippen LogP contribution in [0, 0.1) is 0 Å². The lowest BCUT2D eigenvalue weighted by molar-refractivity contribution is 0.345. The summed E-state index contributed by atoms with van der Waals surface area (Å²) in [5, 5.41) is 0. The Balaban J connectivity index is 2.82. The molecule has 0 amide bonds. The van der Waals surface area contributed by atoms with E-state index < -0.39 is 5.63 Å². The van der Waals surface area contributed by atoms with Gasteiger partial charge in [-0.05, 0) is 0 Å². The van der Waals surface area contributed by atoms with Crippen LogP contribution in [0.25, 0.3) is 0 Å². The Hall–Kier alpha value is -0.570. The van der Waals surface area contributed by atoms with Gasteiger partial charge in [-0.15, -0.1) is 0 Å². The first-order valence-corrected chi connectivity index (χ1v) is 3.78. The topological polar surface area (TPSA) is 26.0 Å². The van der Waals surface area contributed by atoms with Crippen molar-refractivity contribution in [1.29, 1.82) is 0 Å². The molecule has 1 atom stereocenters. The van der Waals surface area contributed by atoms with Crippen LogP contribution in [0.5, 0.6) is 0 Å². The molecule has 0 aliphatic heterocycles. The van der Waals surface area contributed by atoms with Crippen LogP contribution >= 0.6 is 11.6 Å². The quantitative estimate of drug-likeness (QED) is 0.649. The summed E-state index contributed by atoms with van der Waals surface area (Å²) in [6, 6.07) is 0. The van der Waals surface area contributed by atoms with Crippen molar-refractivity contribution in [1.82, 2.24) is 4.98 Å². The lowest BCUT2D eigenvalue weighted by Gasteiger charge is -1.96. The van der Waals surface area contributed by atoms with Gasteiger partial charge >= 0.3 is 0 Å². The highest BCUT2D eigenvalue weighted by Gasteiger charge is 2.13. The SMILES string of the molecule is CC(C)c1cnc(C(F)Cl)o1. The summed E-state index contributed by atoms with van der Waals surface area (Å²) in [7, 11) is 0. The molecule has 62 valence electrons. The Kier molecular flexibility index (Phi) is 2.49. The summed E-state index contributed by atoms with van der Waals surface area (Å²) in [6.07, 6.45) is 1.50.